The van der Waals surface area contributed by atoms with Crippen LogP contribution in [-0.4, -0.2) is 0 Å². The van der Waals surface area contributed by atoms with Crippen molar-refractivity contribution in [1.82, 2.24) is 5.32 Å². The molecular formula is C17H20ClN. The van der Waals surface area contributed by atoms with Gasteiger partial charge in [-0.15, -0.1) is 0 Å². The molecular weight excluding hydrogens is 254 g/mol. The maximum absolute atomic E-state index is 6.14. The predicted molar refractivity (Wildman–Crippen MR) is 82.6 cm³/mol. The van der Waals surface area contributed by atoms with Crippen molar-refractivity contribution < 1.29 is 0 Å². The zero-order chi connectivity index (χ0) is 13.8. The van der Waals surface area contributed by atoms with Gasteiger partial charge in [0, 0.05) is 17.6 Å². The van der Waals surface area contributed by atoms with Crippen LogP contribution in [0.4, 0.5) is 0 Å². The molecule has 100 valence electrons. The second kappa shape index (κ2) is 6.23. The highest BCUT2D eigenvalue weighted by Crippen LogP contribution is 2.18. The summed E-state index contributed by atoms with van der Waals surface area (Å²) in [5, 5.41) is 4.37. The van der Waals surface area contributed by atoms with Crippen molar-refractivity contribution in [2.24, 2.45) is 0 Å². The van der Waals surface area contributed by atoms with E-state index >= 15 is 0 Å². The summed E-state index contributed by atoms with van der Waals surface area (Å²) in [5.41, 5.74) is 4.95. The third-order valence-corrected chi connectivity index (χ3v) is 3.80. The summed E-state index contributed by atoms with van der Waals surface area (Å²) in [6.07, 6.45) is 0. The minimum Gasteiger partial charge on any atom is -0.306 e. The maximum Gasteiger partial charge on any atom is 0.0438 e. The number of nitrogens with one attached hydrogen (secondary N) is 1. The average Bonchev–Trinajstić information content (AvgIpc) is 2.40. The molecule has 1 N–H and O–H groups in total. The minimum atomic E-state index is 0.333. The maximum atomic E-state index is 6.14. The molecule has 2 aromatic rings. The third-order valence-electron chi connectivity index (χ3n) is 3.39. The Morgan fingerprint density at radius 3 is 2.58 bits per heavy atom. The fourth-order valence-electron chi connectivity index (χ4n) is 2.07. The molecule has 0 aromatic heterocycles. The fraction of sp³-hybridized carbons (Fsp3) is 0.294. The Hall–Kier alpha value is -1.31. The van der Waals surface area contributed by atoms with E-state index in [-0.39, 0.29) is 0 Å². The second-order valence-electron chi connectivity index (χ2n) is 5.10. The molecule has 2 rings (SSSR count). The topological polar surface area (TPSA) is 12.0 Å². The van der Waals surface area contributed by atoms with Gasteiger partial charge in [0.25, 0.3) is 0 Å². The second-order valence-corrected chi connectivity index (χ2v) is 5.51. The van der Waals surface area contributed by atoms with Gasteiger partial charge in [-0.2, -0.15) is 0 Å². The standard InChI is InChI=1S/C17H20ClN/c1-12-5-4-6-16(9-12)14(3)19-11-15-8-7-13(2)17(18)10-15/h4-10,14,19H,11H2,1-3H3/t14-/m0/s1. The highest BCUT2D eigenvalue weighted by atomic mass is 35.5. The van der Waals surface area contributed by atoms with Crippen molar-refractivity contribution in [2.45, 2.75) is 33.4 Å². The summed E-state index contributed by atoms with van der Waals surface area (Å²) in [5.74, 6) is 0. The van der Waals surface area contributed by atoms with Gasteiger partial charge in [-0.3, -0.25) is 0 Å². The Labute approximate surface area is 120 Å². The first-order chi connectivity index (χ1) is 9.06. The van der Waals surface area contributed by atoms with Crippen LogP contribution in [0.15, 0.2) is 42.5 Å². The number of hydrogen-bond acceptors (Lipinski definition) is 1. The molecule has 0 heterocycles. The van der Waals surface area contributed by atoms with E-state index in [0.717, 1.165) is 17.1 Å². The van der Waals surface area contributed by atoms with E-state index < -0.39 is 0 Å². The first kappa shape index (κ1) is 14.1. The van der Waals surface area contributed by atoms with Crippen molar-refractivity contribution in [3.05, 3.63) is 69.7 Å². The molecule has 19 heavy (non-hydrogen) atoms. The molecule has 0 spiro atoms. The van der Waals surface area contributed by atoms with Crippen molar-refractivity contribution in [2.75, 3.05) is 0 Å². The number of benzene rings is 2. The van der Waals surface area contributed by atoms with Crippen molar-refractivity contribution in [1.29, 1.82) is 0 Å². The molecule has 0 saturated carbocycles. The van der Waals surface area contributed by atoms with Crippen molar-refractivity contribution >= 4 is 11.6 Å². The average molecular weight is 274 g/mol. The Morgan fingerprint density at radius 2 is 1.89 bits per heavy atom. The summed E-state index contributed by atoms with van der Waals surface area (Å²) in [6, 6.07) is 15.2. The summed E-state index contributed by atoms with van der Waals surface area (Å²) in [6.45, 7) is 7.16. The Balaban J connectivity index is 2.00. The van der Waals surface area contributed by atoms with Gasteiger partial charge in [0.2, 0.25) is 0 Å². The minimum absolute atomic E-state index is 0.333. The lowest BCUT2D eigenvalue weighted by Gasteiger charge is -2.15. The van der Waals surface area contributed by atoms with Gasteiger partial charge in [-0.25, -0.2) is 0 Å². The molecule has 0 saturated heterocycles. The van der Waals surface area contributed by atoms with Gasteiger partial charge < -0.3 is 5.32 Å². The van der Waals surface area contributed by atoms with E-state index in [1.54, 1.807) is 0 Å². The van der Waals surface area contributed by atoms with E-state index in [2.05, 4.69) is 55.6 Å². The van der Waals surface area contributed by atoms with Crippen LogP contribution in [0.2, 0.25) is 5.02 Å². The van der Waals surface area contributed by atoms with Crippen LogP contribution in [-0.2, 0) is 6.54 Å². The molecule has 0 aliphatic rings. The predicted octanol–water partition coefficient (Wildman–Crippen LogP) is 4.81. The highest BCUT2D eigenvalue weighted by Gasteiger charge is 2.05. The summed E-state index contributed by atoms with van der Waals surface area (Å²) >= 11 is 6.14. The smallest absolute Gasteiger partial charge is 0.0438 e. The SMILES string of the molecule is Cc1cccc([C@H](C)NCc2ccc(C)c(Cl)c2)c1. The van der Waals surface area contributed by atoms with Crippen molar-refractivity contribution in [3.8, 4) is 0 Å². The molecule has 1 nitrogen and oxygen atoms in total. The lowest BCUT2D eigenvalue weighted by molar-refractivity contribution is 0.574. The number of aryl methyl sites for hydroxylation is 2. The van der Waals surface area contributed by atoms with Gasteiger partial charge >= 0.3 is 0 Å². The highest BCUT2D eigenvalue weighted by molar-refractivity contribution is 6.31. The van der Waals surface area contributed by atoms with Crippen LogP contribution in [0.1, 0.15) is 35.2 Å². The Morgan fingerprint density at radius 1 is 1.11 bits per heavy atom. The first-order valence-corrected chi connectivity index (χ1v) is 6.99. The lowest BCUT2D eigenvalue weighted by Crippen LogP contribution is -2.18. The molecule has 1 atom stereocenters. The van der Waals surface area contributed by atoms with Crippen LogP contribution in [0.3, 0.4) is 0 Å². The number of rotatable bonds is 4. The molecule has 0 aliphatic heterocycles. The molecule has 0 amide bonds. The fourth-order valence-corrected chi connectivity index (χ4v) is 2.28. The van der Waals surface area contributed by atoms with Crippen LogP contribution in [0.5, 0.6) is 0 Å². The van der Waals surface area contributed by atoms with E-state index in [1.807, 2.05) is 13.0 Å². The van der Waals surface area contributed by atoms with Gasteiger partial charge in [-0.05, 0) is 43.5 Å². The van der Waals surface area contributed by atoms with E-state index in [1.165, 1.54) is 16.7 Å². The number of hydrogen-bond donors (Lipinski definition) is 1. The molecule has 0 fully saturated rings. The molecule has 0 aliphatic carbocycles. The van der Waals surface area contributed by atoms with Crippen LogP contribution in [0.25, 0.3) is 0 Å². The monoisotopic (exact) mass is 273 g/mol. The van der Waals surface area contributed by atoms with Gasteiger partial charge in [-0.1, -0.05) is 53.6 Å². The zero-order valence-corrected chi connectivity index (χ0v) is 12.5. The molecule has 0 bridgehead atoms. The van der Waals surface area contributed by atoms with E-state index in [4.69, 9.17) is 11.6 Å². The van der Waals surface area contributed by atoms with Gasteiger partial charge in [0.1, 0.15) is 0 Å². The van der Waals surface area contributed by atoms with Crippen LogP contribution in [0, 0.1) is 13.8 Å². The largest absolute Gasteiger partial charge is 0.306 e. The number of halogens is 1. The molecule has 2 heteroatoms. The van der Waals surface area contributed by atoms with Gasteiger partial charge in [0.15, 0.2) is 0 Å². The molecule has 2 aromatic carbocycles. The third kappa shape index (κ3) is 3.82. The Bertz CT molecular complexity index is 563. The Kier molecular flexibility index (Phi) is 4.62. The van der Waals surface area contributed by atoms with Crippen molar-refractivity contribution in [3.63, 3.8) is 0 Å². The summed E-state index contributed by atoms with van der Waals surface area (Å²) in [4.78, 5) is 0. The van der Waals surface area contributed by atoms with E-state index in [0.29, 0.717) is 6.04 Å². The zero-order valence-electron chi connectivity index (χ0n) is 11.7. The normalized spacial score (nSPS) is 12.4. The molecule has 0 unspecified atom stereocenters. The quantitative estimate of drug-likeness (QED) is 0.843. The summed E-state index contributed by atoms with van der Waals surface area (Å²) < 4.78 is 0. The molecule has 0 radical (unpaired) electrons. The lowest BCUT2D eigenvalue weighted by atomic mass is 10.1. The van der Waals surface area contributed by atoms with Crippen LogP contribution >= 0.6 is 11.6 Å². The van der Waals surface area contributed by atoms with Crippen LogP contribution < -0.4 is 5.32 Å². The summed E-state index contributed by atoms with van der Waals surface area (Å²) in [7, 11) is 0. The van der Waals surface area contributed by atoms with E-state index in [9.17, 15) is 0 Å². The van der Waals surface area contributed by atoms with Gasteiger partial charge in [0.05, 0.1) is 0 Å². The first-order valence-electron chi connectivity index (χ1n) is 6.61.